The van der Waals surface area contributed by atoms with Gasteiger partial charge < -0.3 is 4.90 Å². The Labute approximate surface area is 77.1 Å². The van der Waals surface area contributed by atoms with Crippen molar-refractivity contribution in [2.75, 3.05) is 13.6 Å². The fraction of sp³-hybridized carbons (Fsp3) is 0.875. The SMILES string of the molecule is CCCC(=O)N(C)CC(C)Br. The second-order valence-corrected chi connectivity index (χ2v) is 4.37. The molecule has 3 heteroatoms. The van der Waals surface area contributed by atoms with Gasteiger partial charge in [0.1, 0.15) is 0 Å². The van der Waals surface area contributed by atoms with Gasteiger partial charge in [-0.1, -0.05) is 29.8 Å². The van der Waals surface area contributed by atoms with E-state index >= 15 is 0 Å². The first-order valence-electron chi connectivity index (χ1n) is 3.96. The largest absolute Gasteiger partial charge is 0.345 e. The molecule has 1 unspecified atom stereocenters. The van der Waals surface area contributed by atoms with Crippen molar-refractivity contribution >= 4 is 21.8 Å². The van der Waals surface area contributed by atoms with Crippen LogP contribution in [0.2, 0.25) is 0 Å². The lowest BCUT2D eigenvalue weighted by Crippen LogP contribution is -2.30. The van der Waals surface area contributed by atoms with Crippen LogP contribution in [-0.4, -0.2) is 29.2 Å². The van der Waals surface area contributed by atoms with Gasteiger partial charge in [0.05, 0.1) is 0 Å². The van der Waals surface area contributed by atoms with Gasteiger partial charge in [0.15, 0.2) is 0 Å². The van der Waals surface area contributed by atoms with E-state index in [1.807, 2.05) is 20.9 Å². The molecular weight excluding hydrogens is 206 g/mol. The summed E-state index contributed by atoms with van der Waals surface area (Å²) in [6, 6.07) is 0. The average molecular weight is 222 g/mol. The number of carbonyl (C=O) groups is 1. The zero-order chi connectivity index (χ0) is 8.85. The summed E-state index contributed by atoms with van der Waals surface area (Å²) in [5.74, 6) is 0.235. The van der Waals surface area contributed by atoms with E-state index in [1.54, 1.807) is 4.90 Å². The van der Waals surface area contributed by atoms with E-state index in [0.29, 0.717) is 11.2 Å². The van der Waals surface area contributed by atoms with Gasteiger partial charge in [0.25, 0.3) is 0 Å². The van der Waals surface area contributed by atoms with E-state index in [1.165, 1.54) is 0 Å². The number of nitrogens with zero attached hydrogens (tertiary/aromatic N) is 1. The van der Waals surface area contributed by atoms with Crippen LogP contribution in [0.3, 0.4) is 0 Å². The Morgan fingerprint density at radius 3 is 2.55 bits per heavy atom. The lowest BCUT2D eigenvalue weighted by atomic mass is 10.3. The molecule has 0 fully saturated rings. The minimum absolute atomic E-state index is 0.235. The molecule has 0 rings (SSSR count). The van der Waals surface area contributed by atoms with Crippen LogP contribution in [0.1, 0.15) is 26.7 Å². The first-order chi connectivity index (χ1) is 5.07. The molecule has 0 aromatic rings. The van der Waals surface area contributed by atoms with Crippen molar-refractivity contribution in [2.45, 2.75) is 31.5 Å². The highest BCUT2D eigenvalue weighted by Crippen LogP contribution is 2.02. The number of halogens is 1. The molecule has 0 aliphatic heterocycles. The number of amides is 1. The van der Waals surface area contributed by atoms with Crippen molar-refractivity contribution in [3.63, 3.8) is 0 Å². The van der Waals surface area contributed by atoms with Crippen LogP contribution >= 0.6 is 15.9 Å². The van der Waals surface area contributed by atoms with Gasteiger partial charge in [-0.3, -0.25) is 4.79 Å². The van der Waals surface area contributed by atoms with Crippen molar-refractivity contribution in [3.8, 4) is 0 Å². The molecule has 2 nitrogen and oxygen atoms in total. The van der Waals surface area contributed by atoms with Crippen molar-refractivity contribution in [2.24, 2.45) is 0 Å². The lowest BCUT2D eigenvalue weighted by molar-refractivity contribution is -0.129. The second kappa shape index (κ2) is 5.58. The molecule has 1 atom stereocenters. The Balaban J connectivity index is 3.64. The van der Waals surface area contributed by atoms with Crippen LogP contribution in [0.15, 0.2) is 0 Å². The van der Waals surface area contributed by atoms with Gasteiger partial charge in [-0.15, -0.1) is 0 Å². The maximum Gasteiger partial charge on any atom is 0.222 e. The molecule has 66 valence electrons. The second-order valence-electron chi connectivity index (χ2n) is 2.81. The third-order valence-corrected chi connectivity index (χ3v) is 1.70. The summed E-state index contributed by atoms with van der Waals surface area (Å²) in [4.78, 5) is 13.3. The normalized spacial score (nSPS) is 12.7. The van der Waals surface area contributed by atoms with E-state index in [0.717, 1.165) is 13.0 Å². The van der Waals surface area contributed by atoms with Crippen LogP contribution in [0.5, 0.6) is 0 Å². The number of hydrogen-bond donors (Lipinski definition) is 0. The van der Waals surface area contributed by atoms with Gasteiger partial charge in [-0.05, 0) is 6.42 Å². The number of rotatable bonds is 4. The van der Waals surface area contributed by atoms with E-state index in [-0.39, 0.29) is 5.91 Å². The fourth-order valence-electron chi connectivity index (χ4n) is 0.884. The summed E-state index contributed by atoms with van der Waals surface area (Å²) in [6.45, 7) is 4.85. The summed E-state index contributed by atoms with van der Waals surface area (Å²) < 4.78 is 0. The maximum absolute atomic E-state index is 11.2. The van der Waals surface area contributed by atoms with Crippen LogP contribution in [-0.2, 0) is 4.79 Å². The Morgan fingerprint density at radius 2 is 2.18 bits per heavy atom. The summed E-state index contributed by atoms with van der Waals surface area (Å²) in [5.41, 5.74) is 0. The Morgan fingerprint density at radius 1 is 1.64 bits per heavy atom. The molecule has 1 amide bonds. The van der Waals surface area contributed by atoms with Gasteiger partial charge in [-0.2, -0.15) is 0 Å². The monoisotopic (exact) mass is 221 g/mol. The van der Waals surface area contributed by atoms with Crippen molar-refractivity contribution in [3.05, 3.63) is 0 Å². The van der Waals surface area contributed by atoms with E-state index in [4.69, 9.17) is 0 Å². The molecule has 0 saturated carbocycles. The Kier molecular flexibility index (Phi) is 5.56. The van der Waals surface area contributed by atoms with Gasteiger partial charge in [0, 0.05) is 24.8 Å². The van der Waals surface area contributed by atoms with E-state index in [9.17, 15) is 4.79 Å². The molecule has 0 bridgehead atoms. The quantitative estimate of drug-likeness (QED) is 0.666. The van der Waals surface area contributed by atoms with Crippen molar-refractivity contribution < 1.29 is 4.79 Å². The number of carbonyl (C=O) groups excluding carboxylic acids is 1. The van der Waals surface area contributed by atoms with Gasteiger partial charge in [0.2, 0.25) is 5.91 Å². The van der Waals surface area contributed by atoms with Crippen LogP contribution in [0, 0.1) is 0 Å². The topological polar surface area (TPSA) is 20.3 Å². The van der Waals surface area contributed by atoms with Gasteiger partial charge >= 0.3 is 0 Å². The first-order valence-corrected chi connectivity index (χ1v) is 4.87. The molecule has 11 heavy (non-hydrogen) atoms. The number of alkyl halides is 1. The average Bonchev–Trinajstić information content (AvgIpc) is 1.86. The molecule has 0 aliphatic rings. The van der Waals surface area contributed by atoms with Crippen molar-refractivity contribution in [1.82, 2.24) is 4.90 Å². The zero-order valence-electron chi connectivity index (χ0n) is 7.43. The standard InChI is InChI=1S/C8H16BrNO/c1-4-5-8(11)10(3)6-7(2)9/h7H,4-6H2,1-3H3. The minimum Gasteiger partial charge on any atom is -0.345 e. The fourth-order valence-corrected chi connectivity index (χ4v) is 1.32. The van der Waals surface area contributed by atoms with Crippen molar-refractivity contribution in [1.29, 1.82) is 0 Å². The molecule has 0 N–H and O–H groups in total. The molecule has 0 aliphatic carbocycles. The molecule has 0 aromatic heterocycles. The molecule has 0 radical (unpaired) electrons. The third kappa shape index (κ3) is 5.24. The smallest absolute Gasteiger partial charge is 0.222 e. The van der Waals surface area contributed by atoms with E-state index < -0.39 is 0 Å². The summed E-state index contributed by atoms with van der Waals surface area (Å²) >= 11 is 3.40. The highest BCUT2D eigenvalue weighted by Gasteiger charge is 2.08. The molecule has 0 saturated heterocycles. The zero-order valence-corrected chi connectivity index (χ0v) is 9.02. The Bertz CT molecular complexity index is 125. The summed E-state index contributed by atoms with van der Waals surface area (Å²) in [7, 11) is 1.84. The molecular formula is C8H16BrNO. The molecule has 0 aromatic carbocycles. The highest BCUT2D eigenvalue weighted by atomic mass is 79.9. The molecule has 0 spiro atoms. The highest BCUT2D eigenvalue weighted by molar-refractivity contribution is 9.09. The van der Waals surface area contributed by atoms with E-state index in [2.05, 4.69) is 15.9 Å². The van der Waals surface area contributed by atoms with Crippen LogP contribution in [0.25, 0.3) is 0 Å². The molecule has 0 heterocycles. The van der Waals surface area contributed by atoms with Gasteiger partial charge in [-0.25, -0.2) is 0 Å². The summed E-state index contributed by atoms with van der Waals surface area (Å²) in [5, 5.41) is 0. The summed E-state index contributed by atoms with van der Waals surface area (Å²) in [6.07, 6.45) is 1.59. The lowest BCUT2D eigenvalue weighted by Gasteiger charge is -2.17. The number of hydrogen-bond acceptors (Lipinski definition) is 1. The maximum atomic E-state index is 11.2. The first kappa shape index (κ1) is 11.0. The predicted molar refractivity (Wildman–Crippen MR) is 50.9 cm³/mol. The Hall–Kier alpha value is -0.0500. The van der Waals surface area contributed by atoms with Crippen LogP contribution in [0.4, 0.5) is 0 Å². The minimum atomic E-state index is 0.235. The van der Waals surface area contributed by atoms with Crippen LogP contribution < -0.4 is 0 Å². The predicted octanol–water partition coefficient (Wildman–Crippen LogP) is 2.03. The third-order valence-electron chi connectivity index (χ3n) is 1.42.